The minimum atomic E-state index is -0.824. The lowest BCUT2D eigenvalue weighted by Crippen LogP contribution is -2.33. The SMILES string of the molecule is COc1ccc(C2(OC)COC(C)(C)O2)cc1. The highest BCUT2D eigenvalue weighted by atomic mass is 16.8. The van der Waals surface area contributed by atoms with Crippen LogP contribution in [-0.4, -0.2) is 26.6 Å². The third-order valence-electron chi connectivity index (χ3n) is 2.88. The van der Waals surface area contributed by atoms with Crippen LogP contribution in [0.25, 0.3) is 0 Å². The molecule has 0 N–H and O–H groups in total. The fourth-order valence-corrected chi connectivity index (χ4v) is 1.93. The molecule has 1 unspecified atom stereocenters. The molecule has 0 bridgehead atoms. The van der Waals surface area contributed by atoms with Crippen LogP contribution >= 0.6 is 0 Å². The zero-order valence-electron chi connectivity index (χ0n) is 10.6. The first-order valence-electron chi connectivity index (χ1n) is 5.55. The van der Waals surface area contributed by atoms with E-state index in [0.29, 0.717) is 6.61 Å². The summed E-state index contributed by atoms with van der Waals surface area (Å²) in [5, 5.41) is 0. The highest BCUT2D eigenvalue weighted by molar-refractivity contribution is 5.30. The highest BCUT2D eigenvalue weighted by Crippen LogP contribution is 2.39. The fraction of sp³-hybridized carbons (Fsp3) is 0.538. The Labute approximate surface area is 101 Å². The second-order valence-electron chi connectivity index (χ2n) is 4.48. The van der Waals surface area contributed by atoms with Crippen LogP contribution in [0.5, 0.6) is 5.75 Å². The number of methoxy groups -OCH3 is 2. The fourth-order valence-electron chi connectivity index (χ4n) is 1.93. The normalized spacial score (nSPS) is 27.1. The van der Waals surface area contributed by atoms with Crippen LogP contribution < -0.4 is 4.74 Å². The zero-order valence-corrected chi connectivity index (χ0v) is 10.6. The summed E-state index contributed by atoms with van der Waals surface area (Å²) in [6.07, 6.45) is 0. The molecule has 1 saturated heterocycles. The molecule has 1 fully saturated rings. The minimum absolute atomic E-state index is 0.378. The molecule has 0 aliphatic carbocycles. The van der Waals surface area contributed by atoms with Gasteiger partial charge in [0.05, 0.1) is 7.11 Å². The first-order chi connectivity index (χ1) is 8.01. The molecule has 4 nitrogen and oxygen atoms in total. The molecule has 1 atom stereocenters. The highest BCUT2D eigenvalue weighted by Gasteiger charge is 2.47. The van der Waals surface area contributed by atoms with E-state index in [-0.39, 0.29) is 0 Å². The molecule has 1 heterocycles. The third kappa shape index (κ3) is 2.29. The lowest BCUT2D eigenvalue weighted by atomic mass is 10.1. The van der Waals surface area contributed by atoms with E-state index >= 15 is 0 Å². The Hall–Kier alpha value is -1.10. The van der Waals surface area contributed by atoms with E-state index in [2.05, 4.69) is 0 Å². The molecule has 1 aliphatic rings. The predicted octanol–water partition coefficient (Wildman–Crippen LogP) is 2.28. The molecule has 0 radical (unpaired) electrons. The van der Waals surface area contributed by atoms with Gasteiger partial charge in [0.15, 0.2) is 5.79 Å². The van der Waals surface area contributed by atoms with Crippen LogP contribution in [0.1, 0.15) is 19.4 Å². The molecule has 0 amide bonds. The first-order valence-corrected chi connectivity index (χ1v) is 5.55. The van der Waals surface area contributed by atoms with Crippen LogP contribution in [0.4, 0.5) is 0 Å². The van der Waals surface area contributed by atoms with E-state index < -0.39 is 11.6 Å². The maximum Gasteiger partial charge on any atom is 0.221 e. The van der Waals surface area contributed by atoms with Crippen molar-refractivity contribution in [2.75, 3.05) is 20.8 Å². The van der Waals surface area contributed by atoms with Gasteiger partial charge in [0, 0.05) is 12.7 Å². The van der Waals surface area contributed by atoms with Crippen LogP contribution in [0.3, 0.4) is 0 Å². The predicted molar refractivity (Wildman–Crippen MR) is 62.8 cm³/mol. The molecule has 1 aliphatic heterocycles. The topological polar surface area (TPSA) is 36.9 Å². The Bertz CT molecular complexity index is 385. The summed E-state index contributed by atoms with van der Waals surface area (Å²) in [7, 11) is 3.26. The van der Waals surface area contributed by atoms with Crippen molar-refractivity contribution in [1.82, 2.24) is 0 Å². The van der Waals surface area contributed by atoms with Gasteiger partial charge in [-0.25, -0.2) is 0 Å². The standard InChI is InChI=1S/C13H18O4/c1-12(2)16-9-13(15-4,17-12)10-5-7-11(14-3)8-6-10/h5-8H,9H2,1-4H3. The van der Waals surface area contributed by atoms with E-state index in [1.54, 1.807) is 14.2 Å². The molecule has 0 saturated carbocycles. The van der Waals surface area contributed by atoms with Gasteiger partial charge in [-0.1, -0.05) is 0 Å². The van der Waals surface area contributed by atoms with E-state index in [1.807, 2.05) is 38.1 Å². The van der Waals surface area contributed by atoms with Crippen molar-refractivity contribution in [1.29, 1.82) is 0 Å². The van der Waals surface area contributed by atoms with E-state index in [0.717, 1.165) is 11.3 Å². The first kappa shape index (κ1) is 12.4. The molecule has 17 heavy (non-hydrogen) atoms. The lowest BCUT2D eigenvalue weighted by molar-refractivity contribution is -0.249. The quantitative estimate of drug-likeness (QED) is 0.809. The van der Waals surface area contributed by atoms with Crippen molar-refractivity contribution in [3.05, 3.63) is 29.8 Å². The lowest BCUT2D eigenvalue weighted by Gasteiger charge is -2.28. The summed E-state index contributed by atoms with van der Waals surface area (Å²) in [4.78, 5) is 0. The maximum absolute atomic E-state index is 5.86. The van der Waals surface area contributed by atoms with E-state index in [1.165, 1.54) is 0 Å². The van der Waals surface area contributed by atoms with Crippen LogP contribution in [-0.2, 0) is 20.0 Å². The summed E-state index contributed by atoms with van der Waals surface area (Å²) >= 11 is 0. The average molecular weight is 238 g/mol. The molecular weight excluding hydrogens is 220 g/mol. The number of ether oxygens (including phenoxy) is 4. The third-order valence-corrected chi connectivity index (χ3v) is 2.88. The van der Waals surface area contributed by atoms with Gasteiger partial charge in [0.25, 0.3) is 0 Å². The Kier molecular flexibility index (Phi) is 3.12. The number of hydrogen-bond acceptors (Lipinski definition) is 4. The van der Waals surface area contributed by atoms with Crippen molar-refractivity contribution in [2.45, 2.75) is 25.4 Å². The average Bonchev–Trinajstić information content (AvgIpc) is 2.66. The van der Waals surface area contributed by atoms with Crippen molar-refractivity contribution in [2.24, 2.45) is 0 Å². The Morgan fingerprint density at radius 3 is 2.18 bits per heavy atom. The van der Waals surface area contributed by atoms with Gasteiger partial charge < -0.3 is 18.9 Å². The summed E-state index contributed by atoms with van der Waals surface area (Å²) in [6.45, 7) is 4.12. The Morgan fingerprint density at radius 1 is 1.12 bits per heavy atom. The van der Waals surface area contributed by atoms with Gasteiger partial charge in [-0.2, -0.15) is 0 Å². The molecule has 2 rings (SSSR count). The molecule has 1 aromatic rings. The van der Waals surface area contributed by atoms with Gasteiger partial charge in [-0.15, -0.1) is 0 Å². The molecular formula is C13H18O4. The van der Waals surface area contributed by atoms with Crippen LogP contribution in [0.2, 0.25) is 0 Å². The summed E-state index contributed by atoms with van der Waals surface area (Å²) in [5.74, 6) is -0.649. The minimum Gasteiger partial charge on any atom is -0.497 e. The summed E-state index contributed by atoms with van der Waals surface area (Å²) in [5.41, 5.74) is 0.923. The van der Waals surface area contributed by atoms with Gasteiger partial charge in [-0.3, -0.25) is 0 Å². The van der Waals surface area contributed by atoms with Gasteiger partial charge in [0.1, 0.15) is 12.4 Å². The van der Waals surface area contributed by atoms with Crippen LogP contribution in [0.15, 0.2) is 24.3 Å². The Morgan fingerprint density at radius 2 is 1.76 bits per heavy atom. The van der Waals surface area contributed by atoms with Gasteiger partial charge in [0.2, 0.25) is 5.79 Å². The summed E-state index contributed by atoms with van der Waals surface area (Å²) < 4.78 is 22.1. The number of hydrogen-bond donors (Lipinski definition) is 0. The number of benzene rings is 1. The van der Waals surface area contributed by atoms with E-state index in [9.17, 15) is 0 Å². The molecule has 4 heteroatoms. The molecule has 94 valence electrons. The zero-order chi connectivity index (χ0) is 12.5. The van der Waals surface area contributed by atoms with Crippen LogP contribution in [0, 0.1) is 0 Å². The molecule has 0 aromatic heterocycles. The summed E-state index contributed by atoms with van der Waals surface area (Å²) in [6, 6.07) is 7.61. The molecule has 0 spiro atoms. The van der Waals surface area contributed by atoms with Gasteiger partial charge in [-0.05, 0) is 38.1 Å². The maximum atomic E-state index is 5.86. The second-order valence-corrected chi connectivity index (χ2v) is 4.48. The van der Waals surface area contributed by atoms with Crippen molar-refractivity contribution < 1.29 is 18.9 Å². The van der Waals surface area contributed by atoms with Gasteiger partial charge >= 0.3 is 0 Å². The molecule has 1 aromatic carbocycles. The van der Waals surface area contributed by atoms with E-state index in [4.69, 9.17) is 18.9 Å². The van der Waals surface area contributed by atoms with Crippen molar-refractivity contribution in [3.8, 4) is 5.75 Å². The monoisotopic (exact) mass is 238 g/mol. The second kappa shape index (κ2) is 4.29. The number of rotatable bonds is 3. The Balaban J connectivity index is 2.29. The van der Waals surface area contributed by atoms with Crippen molar-refractivity contribution >= 4 is 0 Å². The smallest absolute Gasteiger partial charge is 0.221 e. The van der Waals surface area contributed by atoms with Crippen molar-refractivity contribution in [3.63, 3.8) is 0 Å². The largest absolute Gasteiger partial charge is 0.497 e.